The highest BCUT2D eigenvalue weighted by atomic mass is 16.5. The molecule has 0 bridgehead atoms. The van der Waals surface area contributed by atoms with Gasteiger partial charge in [0.05, 0.1) is 0 Å². The number of carbonyl (C=O) groups excluding carboxylic acids is 2. The number of hydrogen-bond acceptors (Lipinski definition) is 4. The van der Waals surface area contributed by atoms with E-state index in [1.807, 2.05) is 30.3 Å². The Kier molecular flexibility index (Phi) is 7.00. The number of carboxylic acid groups (broad SMARTS) is 1. The molecule has 0 unspecified atom stereocenters. The largest absolute Gasteiger partial charge is 0.480 e. The van der Waals surface area contributed by atoms with Gasteiger partial charge in [-0.2, -0.15) is 0 Å². The number of benzene rings is 1. The van der Waals surface area contributed by atoms with E-state index in [1.54, 1.807) is 13.8 Å². The number of ether oxygens (including phenoxy) is 1. The van der Waals surface area contributed by atoms with E-state index < -0.39 is 30.1 Å². The lowest BCUT2D eigenvalue weighted by atomic mass is 10.0. The Balaban J connectivity index is 1.88. The maximum atomic E-state index is 12.5. The molecule has 142 valence electrons. The van der Waals surface area contributed by atoms with Crippen LogP contribution in [0.25, 0.3) is 0 Å². The molecule has 0 spiro atoms. The molecule has 0 aliphatic heterocycles. The van der Waals surface area contributed by atoms with Gasteiger partial charge in [0.2, 0.25) is 5.91 Å². The van der Waals surface area contributed by atoms with Crippen LogP contribution in [-0.4, -0.2) is 35.2 Å². The summed E-state index contributed by atoms with van der Waals surface area (Å²) < 4.78 is 5.14. The first kappa shape index (κ1) is 19.8. The minimum Gasteiger partial charge on any atom is -0.480 e. The molecule has 1 aromatic carbocycles. The van der Waals surface area contributed by atoms with E-state index in [-0.39, 0.29) is 12.5 Å². The van der Waals surface area contributed by atoms with Gasteiger partial charge in [-0.1, -0.05) is 57.0 Å². The molecule has 1 aromatic rings. The topological polar surface area (TPSA) is 105 Å². The van der Waals surface area contributed by atoms with Crippen LogP contribution in [0.15, 0.2) is 30.3 Å². The SMILES string of the molecule is CC(C)[C@@H](NC(=O)OCc1ccccc1)C(=O)N[C@@H](CC1CC1)C(=O)O. The molecule has 1 aliphatic carbocycles. The van der Waals surface area contributed by atoms with Crippen LogP contribution in [0.3, 0.4) is 0 Å². The third kappa shape index (κ3) is 6.38. The number of carboxylic acids is 1. The average molecular weight is 362 g/mol. The predicted molar refractivity (Wildman–Crippen MR) is 95.3 cm³/mol. The summed E-state index contributed by atoms with van der Waals surface area (Å²) in [6.45, 7) is 3.65. The molecule has 1 saturated carbocycles. The molecule has 2 amide bonds. The third-order valence-corrected chi connectivity index (χ3v) is 4.32. The van der Waals surface area contributed by atoms with Crippen molar-refractivity contribution in [3.05, 3.63) is 35.9 Å². The van der Waals surface area contributed by atoms with Crippen molar-refractivity contribution in [2.75, 3.05) is 0 Å². The zero-order valence-electron chi connectivity index (χ0n) is 15.1. The second-order valence-corrected chi connectivity index (χ2v) is 7.01. The quantitative estimate of drug-likeness (QED) is 0.625. The predicted octanol–water partition coefficient (Wildman–Crippen LogP) is 2.31. The highest BCUT2D eigenvalue weighted by Gasteiger charge is 2.33. The first-order valence-corrected chi connectivity index (χ1v) is 8.87. The molecule has 3 N–H and O–H groups in total. The van der Waals surface area contributed by atoms with Crippen LogP contribution < -0.4 is 10.6 Å². The number of amides is 2. The van der Waals surface area contributed by atoms with Crippen molar-refractivity contribution in [3.63, 3.8) is 0 Å². The van der Waals surface area contributed by atoms with Crippen molar-refractivity contribution < 1.29 is 24.2 Å². The van der Waals surface area contributed by atoms with E-state index in [4.69, 9.17) is 4.74 Å². The lowest BCUT2D eigenvalue weighted by Gasteiger charge is -2.23. The molecule has 7 nitrogen and oxygen atoms in total. The molecular formula is C19H26N2O5. The molecule has 0 radical (unpaired) electrons. The van der Waals surface area contributed by atoms with Crippen molar-refractivity contribution in [2.24, 2.45) is 11.8 Å². The van der Waals surface area contributed by atoms with Gasteiger partial charge in [0.1, 0.15) is 18.7 Å². The van der Waals surface area contributed by atoms with Crippen LogP contribution in [0.4, 0.5) is 4.79 Å². The molecule has 2 rings (SSSR count). The summed E-state index contributed by atoms with van der Waals surface area (Å²) >= 11 is 0. The Hall–Kier alpha value is -2.57. The van der Waals surface area contributed by atoms with Gasteiger partial charge >= 0.3 is 12.1 Å². The fourth-order valence-corrected chi connectivity index (χ4v) is 2.60. The van der Waals surface area contributed by atoms with E-state index in [0.29, 0.717) is 12.3 Å². The molecule has 7 heteroatoms. The van der Waals surface area contributed by atoms with Gasteiger partial charge in [0.25, 0.3) is 0 Å². The lowest BCUT2D eigenvalue weighted by molar-refractivity contribution is -0.142. The van der Waals surface area contributed by atoms with E-state index >= 15 is 0 Å². The molecule has 2 atom stereocenters. The van der Waals surface area contributed by atoms with Crippen molar-refractivity contribution in [3.8, 4) is 0 Å². The standard InChI is InChI=1S/C19H26N2O5/c1-12(2)16(17(22)20-15(18(23)24)10-13-8-9-13)21-19(25)26-11-14-6-4-3-5-7-14/h3-7,12-13,15-16H,8-11H2,1-2H3,(H,20,22)(H,21,25)(H,23,24)/t15-,16+/m0/s1. The third-order valence-electron chi connectivity index (χ3n) is 4.32. The summed E-state index contributed by atoms with van der Waals surface area (Å²) in [5, 5.41) is 14.4. The summed E-state index contributed by atoms with van der Waals surface area (Å²) in [5.74, 6) is -1.42. The van der Waals surface area contributed by atoms with Gasteiger partial charge in [-0.3, -0.25) is 4.79 Å². The van der Waals surface area contributed by atoms with E-state index in [2.05, 4.69) is 10.6 Å². The van der Waals surface area contributed by atoms with Gasteiger partial charge < -0.3 is 20.5 Å². The number of hydrogen-bond donors (Lipinski definition) is 3. The summed E-state index contributed by atoms with van der Waals surface area (Å²) in [7, 11) is 0. The van der Waals surface area contributed by atoms with Crippen LogP contribution in [0.5, 0.6) is 0 Å². The Morgan fingerprint density at radius 3 is 2.35 bits per heavy atom. The van der Waals surface area contributed by atoms with Crippen LogP contribution in [-0.2, 0) is 20.9 Å². The highest BCUT2D eigenvalue weighted by molar-refractivity contribution is 5.89. The summed E-state index contributed by atoms with van der Waals surface area (Å²) in [6.07, 6.45) is 1.70. The lowest BCUT2D eigenvalue weighted by Crippen LogP contribution is -2.53. The van der Waals surface area contributed by atoms with Crippen molar-refractivity contribution >= 4 is 18.0 Å². The maximum Gasteiger partial charge on any atom is 0.408 e. The van der Waals surface area contributed by atoms with Crippen molar-refractivity contribution in [2.45, 2.75) is 51.8 Å². The van der Waals surface area contributed by atoms with Gasteiger partial charge in [-0.25, -0.2) is 9.59 Å². The van der Waals surface area contributed by atoms with Crippen LogP contribution in [0, 0.1) is 11.8 Å². The van der Waals surface area contributed by atoms with Crippen LogP contribution in [0.2, 0.25) is 0 Å². The fraction of sp³-hybridized carbons (Fsp3) is 0.526. The number of alkyl carbamates (subject to hydrolysis) is 1. The first-order chi connectivity index (χ1) is 12.4. The first-order valence-electron chi connectivity index (χ1n) is 8.87. The second-order valence-electron chi connectivity index (χ2n) is 7.01. The molecule has 0 heterocycles. The maximum absolute atomic E-state index is 12.5. The Bertz CT molecular complexity index is 628. The second kappa shape index (κ2) is 9.22. The van der Waals surface area contributed by atoms with Crippen molar-refractivity contribution in [1.82, 2.24) is 10.6 Å². The zero-order chi connectivity index (χ0) is 19.1. The number of rotatable bonds is 9. The average Bonchev–Trinajstić information content (AvgIpc) is 3.41. The van der Waals surface area contributed by atoms with Gasteiger partial charge in [-0.15, -0.1) is 0 Å². The molecular weight excluding hydrogens is 336 g/mol. The van der Waals surface area contributed by atoms with Gasteiger partial charge in [0.15, 0.2) is 0 Å². The molecule has 26 heavy (non-hydrogen) atoms. The molecule has 0 aromatic heterocycles. The number of nitrogens with one attached hydrogen (secondary N) is 2. The summed E-state index contributed by atoms with van der Waals surface area (Å²) in [6, 6.07) is 7.41. The number of carbonyl (C=O) groups is 3. The number of aliphatic carboxylic acids is 1. The summed E-state index contributed by atoms with van der Waals surface area (Å²) in [4.78, 5) is 35.8. The molecule has 1 aliphatic rings. The smallest absolute Gasteiger partial charge is 0.408 e. The normalized spacial score (nSPS) is 15.8. The van der Waals surface area contributed by atoms with Gasteiger partial charge in [0, 0.05) is 0 Å². The van der Waals surface area contributed by atoms with Crippen LogP contribution in [0.1, 0.15) is 38.7 Å². The minimum absolute atomic E-state index is 0.0958. The Morgan fingerprint density at radius 1 is 1.15 bits per heavy atom. The molecule has 1 fully saturated rings. The molecule has 0 saturated heterocycles. The van der Waals surface area contributed by atoms with E-state index in [1.165, 1.54) is 0 Å². The van der Waals surface area contributed by atoms with E-state index in [0.717, 1.165) is 18.4 Å². The Labute approximate surface area is 153 Å². The van der Waals surface area contributed by atoms with Crippen LogP contribution >= 0.6 is 0 Å². The fourth-order valence-electron chi connectivity index (χ4n) is 2.60. The van der Waals surface area contributed by atoms with Gasteiger partial charge in [-0.05, 0) is 23.8 Å². The summed E-state index contributed by atoms with van der Waals surface area (Å²) in [5.41, 5.74) is 0.837. The zero-order valence-corrected chi connectivity index (χ0v) is 15.1. The Morgan fingerprint density at radius 2 is 1.81 bits per heavy atom. The minimum atomic E-state index is -1.06. The highest BCUT2D eigenvalue weighted by Crippen LogP contribution is 2.33. The monoisotopic (exact) mass is 362 g/mol. The van der Waals surface area contributed by atoms with E-state index in [9.17, 15) is 19.5 Å². The van der Waals surface area contributed by atoms with Crippen molar-refractivity contribution in [1.29, 1.82) is 0 Å².